The van der Waals surface area contributed by atoms with E-state index < -0.39 is 10.0 Å². The van der Waals surface area contributed by atoms with Crippen molar-refractivity contribution in [3.05, 3.63) is 35.4 Å². The van der Waals surface area contributed by atoms with Gasteiger partial charge in [0.25, 0.3) is 0 Å². The summed E-state index contributed by atoms with van der Waals surface area (Å²) >= 11 is 0. The zero-order chi connectivity index (χ0) is 19.0. The number of halogens is 1. The molecule has 0 radical (unpaired) electrons. The summed E-state index contributed by atoms with van der Waals surface area (Å²) in [5.41, 5.74) is 1.57. The molecule has 6 nitrogen and oxygen atoms in total. The average molecular weight is 418 g/mol. The molecule has 0 aliphatic carbocycles. The highest BCUT2D eigenvalue weighted by Gasteiger charge is 2.17. The third-order valence-electron chi connectivity index (χ3n) is 4.59. The van der Waals surface area contributed by atoms with Crippen molar-refractivity contribution in [3.63, 3.8) is 0 Å². The third kappa shape index (κ3) is 9.06. The van der Waals surface area contributed by atoms with E-state index in [4.69, 9.17) is 0 Å². The van der Waals surface area contributed by atoms with Crippen molar-refractivity contribution < 1.29 is 13.2 Å². The maximum absolute atomic E-state index is 12.2. The number of amides is 1. The Kier molecular flexibility index (Phi) is 10.3. The van der Waals surface area contributed by atoms with E-state index in [0.29, 0.717) is 18.9 Å². The Morgan fingerprint density at radius 2 is 1.81 bits per heavy atom. The van der Waals surface area contributed by atoms with Crippen molar-refractivity contribution in [1.29, 1.82) is 0 Å². The number of rotatable bonds is 9. The number of benzene rings is 1. The molecule has 3 N–H and O–H groups in total. The van der Waals surface area contributed by atoms with Crippen molar-refractivity contribution in [2.75, 3.05) is 13.1 Å². The standard InChI is InChI=1S/C19H31N3O3S.ClH/c1-15(2)22-26(24,25)14-18-6-4-3-5-17(18)13-21-19(23)8-7-16-9-11-20-12-10-16;/h3-6,15-16,20,22H,7-14H2,1-2H3,(H,21,23);1H. The van der Waals surface area contributed by atoms with Crippen LogP contribution in [0.1, 0.15) is 50.7 Å². The van der Waals surface area contributed by atoms with Gasteiger partial charge in [0.1, 0.15) is 0 Å². The van der Waals surface area contributed by atoms with Gasteiger partial charge in [0, 0.05) is 19.0 Å². The topological polar surface area (TPSA) is 87.3 Å². The molecular weight excluding hydrogens is 386 g/mol. The molecule has 27 heavy (non-hydrogen) atoms. The van der Waals surface area contributed by atoms with E-state index in [2.05, 4.69) is 15.4 Å². The van der Waals surface area contributed by atoms with Crippen LogP contribution >= 0.6 is 12.4 Å². The number of piperidine rings is 1. The van der Waals surface area contributed by atoms with E-state index in [9.17, 15) is 13.2 Å². The molecule has 154 valence electrons. The molecule has 1 aliphatic rings. The number of carbonyl (C=O) groups is 1. The van der Waals surface area contributed by atoms with Crippen molar-refractivity contribution in [2.45, 2.75) is 57.9 Å². The molecular formula is C19H32ClN3O3S. The first kappa shape index (κ1) is 23.9. The Balaban J connectivity index is 0.00000364. The van der Waals surface area contributed by atoms with Crippen molar-refractivity contribution in [3.8, 4) is 0 Å². The summed E-state index contributed by atoms with van der Waals surface area (Å²) in [6.45, 7) is 6.04. The zero-order valence-corrected chi connectivity index (χ0v) is 17.8. The Morgan fingerprint density at radius 1 is 1.19 bits per heavy atom. The van der Waals surface area contributed by atoms with Gasteiger partial charge < -0.3 is 10.6 Å². The first-order valence-electron chi connectivity index (χ1n) is 9.40. The van der Waals surface area contributed by atoms with Crippen molar-refractivity contribution in [2.24, 2.45) is 5.92 Å². The van der Waals surface area contributed by atoms with Crippen LogP contribution in [-0.4, -0.2) is 33.5 Å². The van der Waals surface area contributed by atoms with Gasteiger partial charge in [-0.15, -0.1) is 12.4 Å². The van der Waals surface area contributed by atoms with Crippen LogP contribution in [0.2, 0.25) is 0 Å². The van der Waals surface area contributed by atoms with Gasteiger partial charge in [-0.1, -0.05) is 24.3 Å². The minimum atomic E-state index is -3.39. The summed E-state index contributed by atoms with van der Waals surface area (Å²) in [5, 5.41) is 6.27. The summed E-state index contributed by atoms with van der Waals surface area (Å²) < 4.78 is 26.9. The summed E-state index contributed by atoms with van der Waals surface area (Å²) in [4.78, 5) is 12.1. The molecule has 1 fully saturated rings. The SMILES string of the molecule is CC(C)NS(=O)(=O)Cc1ccccc1CNC(=O)CCC1CCNCC1.Cl. The van der Waals surface area contributed by atoms with Crippen LogP contribution < -0.4 is 15.4 Å². The molecule has 0 spiro atoms. The van der Waals surface area contributed by atoms with Gasteiger partial charge in [-0.3, -0.25) is 4.79 Å². The predicted octanol–water partition coefficient (Wildman–Crippen LogP) is 2.33. The fourth-order valence-corrected chi connectivity index (χ4v) is 4.76. The van der Waals surface area contributed by atoms with E-state index in [1.54, 1.807) is 19.9 Å². The van der Waals surface area contributed by atoms with Crippen LogP contribution in [0, 0.1) is 5.92 Å². The number of hydrogen-bond donors (Lipinski definition) is 3. The number of hydrogen-bond acceptors (Lipinski definition) is 4. The first-order chi connectivity index (χ1) is 12.4. The van der Waals surface area contributed by atoms with E-state index in [1.807, 2.05) is 18.2 Å². The van der Waals surface area contributed by atoms with E-state index >= 15 is 0 Å². The molecule has 0 saturated carbocycles. The fourth-order valence-electron chi connectivity index (χ4n) is 3.26. The summed E-state index contributed by atoms with van der Waals surface area (Å²) in [6, 6.07) is 7.22. The minimum absolute atomic E-state index is 0. The van der Waals surface area contributed by atoms with E-state index in [0.717, 1.165) is 43.5 Å². The first-order valence-corrected chi connectivity index (χ1v) is 11.0. The lowest BCUT2D eigenvalue weighted by Crippen LogP contribution is -2.32. The quantitative estimate of drug-likeness (QED) is 0.575. The van der Waals surface area contributed by atoms with Crippen molar-refractivity contribution in [1.82, 2.24) is 15.4 Å². The predicted molar refractivity (Wildman–Crippen MR) is 111 cm³/mol. The Labute approximate surface area is 169 Å². The molecule has 1 saturated heterocycles. The number of nitrogens with one attached hydrogen (secondary N) is 3. The molecule has 2 rings (SSSR count). The second-order valence-corrected chi connectivity index (χ2v) is 9.06. The lowest BCUT2D eigenvalue weighted by molar-refractivity contribution is -0.121. The molecule has 0 bridgehead atoms. The number of sulfonamides is 1. The summed E-state index contributed by atoms with van der Waals surface area (Å²) in [7, 11) is -3.39. The summed E-state index contributed by atoms with van der Waals surface area (Å²) in [6.07, 6.45) is 3.72. The van der Waals surface area contributed by atoms with Crippen LogP contribution in [0.3, 0.4) is 0 Å². The smallest absolute Gasteiger partial charge is 0.220 e. The van der Waals surface area contributed by atoms with Crippen LogP contribution in [0.5, 0.6) is 0 Å². The molecule has 0 atom stereocenters. The normalized spacial score (nSPS) is 15.4. The summed E-state index contributed by atoms with van der Waals surface area (Å²) in [5.74, 6) is 0.579. The highest BCUT2D eigenvalue weighted by molar-refractivity contribution is 7.88. The molecule has 8 heteroatoms. The van der Waals surface area contributed by atoms with Gasteiger partial charge >= 0.3 is 0 Å². The molecule has 0 unspecified atom stereocenters. The lowest BCUT2D eigenvalue weighted by atomic mass is 9.93. The Bertz CT molecular complexity index is 689. The fraction of sp³-hybridized carbons (Fsp3) is 0.632. The minimum Gasteiger partial charge on any atom is -0.352 e. The van der Waals surface area contributed by atoms with Crippen LogP contribution in [0.4, 0.5) is 0 Å². The Morgan fingerprint density at radius 3 is 2.44 bits per heavy atom. The van der Waals surface area contributed by atoms with E-state index in [-0.39, 0.29) is 30.1 Å². The molecule has 1 aromatic rings. The molecule has 1 amide bonds. The largest absolute Gasteiger partial charge is 0.352 e. The van der Waals surface area contributed by atoms with Crippen molar-refractivity contribution >= 4 is 28.3 Å². The van der Waals surface area contributed by atoms with E-state index in [1.165, 1.54) is 0 Å². The maximum Gasteiger partial charge on any atom is 0.220 e. The maximum atomic E-state index is 12.2. The van der Waals surface area contributed by atoms with Gasteiger partial charge in [0.2, 0.25) is 15.9 Å². The van der Waals surface area contributed by atoms with Gasteiger partial charge in [0.05, 0.1) is 5.75 Å². The molecule has 1 heterocycles. The second-order valence-electron chi connectivity index (χ2n) is 7.31. The van der Waals surface area contributed by atoms with Gasteiger partial charge in [-0.25, -0.2) is 13.1 Å². The lowest BCUT2D eigenvalue weighted by Gasteiger charge is -2.22. The van der Waals surface area contributed by atoms with Gasteiger partial charge in [-0.05, 0) is 63.2 Å². The third-order valence-corrected chi connectivity index (χ3v) is 6.12. The van der Waals surface area contributed by atoms with Crippen LogP contribution in [-0.2, 0) is 27.1 Å². The van der Waals surface area contributed by atoms with Crippen LogP contribution in [0.25, 0.3) is 0 Å². The molecule has 1 aliphatic heterocycles. The zero-order valence-electron chi connectivity index (χ0n) is 16.2. The average Bonchev–Trinajstić information content (AvgIpc) is 2.58. The highest BCUT2D eigenvalue weighted by Crippen LogP contribution is 2.18. The molecule has 1 aromatic carbocycles. The molecule has 0 aromatic heterocycles. The highest BCUT2D eigenvalue weighted by atomic mass is 35.5. The van der Waals surface area contributed by atoms with Gasteiger partial charge in [-0.2, -0.15) is 0 Å². The second kappa shape index (κ2) is 11.6. The van der Waals surface area contributed by atoms with Crippen LogP contribution in [0.15, 0.2) is 24.3 Å². The van der Waals surface area contributed by atoms with Gasteiger partial charge in [0.15, 0.2) is 0 Å². The number of carbonyl (C=O) groups excluding carboxylic acids is 1. The Hall–Kier alpha value is -1.15. The monoisotopic (exact) mass is 417 g/mol.